The van der Waals surface area contributed by atoms with Gasteiger partial charge in [-0.15, -0.1) is 0 Å². The molecule has 7 nitrogen and oxygen atoms in total. The molecule has 0 bridgehead atoms. The number of carbonyl (C=O) groups is 1. The Bertz CT molecular complexity index is 1170. The summed E-state index contributed by atoms with van der Waals surface area (Å²) in [7, 11) is -2.99. The first-order valence-corrected chi connectivity index (χ1v) is 12.2. The smallest absolute Gasteiger partial charge is 0.231 e. The number of ether oxygens (including phenoxy) is 3. The van der Waals surface area contributed by atoms with E-state index < -0.39 is 9.84 Å². The van der Waals surface area contributed by atoms with Crippen LogP contribution in [0, 0.1) is 0 Å². The second kappa shape index (κ2) is 7.69. The van der Waals surface area contributed by atoms with Crippen LogP contribution in [0.2, 0.25) is 0 Å². The lowest BCUT2D eigenvalue weighted by Crippen LogP contribution is -2.41. The van der Waals surface area contributed by atoms with E-state index in [1.807, 2.05) is 36.1 Å². The summed E-state index contributed by atoms with van der Waals surface area (Å²) in [5.74, 6) is 2.38. The number of sulfone groups is 1. The van der Waals surface area contributed by atoms with Crippen molar-refractivity contribution >= 4 is 21.7 Å². The standard InChI is InChI=1S/C23H23NO6S/c1-2-28-17-5-3-15(4-6-17)11-21-22(25)18-7-8-20-19(23(18)30-21)12-24(14-29-20)16-9-10-31(26,27)13-16/h3-8,11,16H,2,9-10,12-14H2,1H3/b21-11+. The van der Waals surface area contributed by atoms with Gasteiger partial charge in [-0.25, -0.2) is 8.42 Å². The van der Waals surface area contributed by atoms with Gasteiger partial charge >= 0.3 is 0 Å². The molecule has 3 aliphatic rings. The van der Waals surface area contributed by atoms with Gasteiger partial charge in [0, 0.05) is 12.6 Å². The molecule has 1 unspecified atom stereocenters. The van der Waals surface area contributed by atoms with Crippen molar-refractivity contribution in [1.29, 1.82) is 0 Å². The summed E-state index contributed by atoms with van der Waals surface area (Å²) in [5, 5.41) is 0. The number of Topliss-reactive ketones (excluding diaryl/α,β-unsaturated/α-hetero) is 1. The van der Waals surface area contributed by atoms with E-state index in [0.717, 1.165) is 16.9 Å². The highest BCUT2D eigenvalue weighted by Gasteiger charge is 2.38. The van der Waals surface area contributed by atoms with Crippen molar-refractivity contribution in [3.63, 3.8) is 0 Å². The second-order valence-corrected chi connectivity index (χ2v) is 10.2. The maximum absolute atomic E-state index is 12.9. The van der Waals surface area contributed by atoms with Crippen LogP contribution < -0.4 is 14.2 Å². The summed E-state index contributed by atoms with van der Waals surface area (Å²) < 4.78 is 41.1. The zero-order chi connectivity index (χ0) is 21.6. The molecular weight excluding hydrogens is 418 g/mol. The Morgan fingerprint density at radius 3 is 2.71 bits per heavy atom. The lowest BCUT2D eigenvalue weighted by atomic mass is 10.0. The lowest BCUT2D eigenvalue weighted by molar-refractivity contribution is 0.0634. The van der Waals surface area contributed by atoms with Gasteiger partial charge in [0.05, 0.1) is 29.2 Å². The molecule has 0 aromatic heterocycles. The van der Waals surface area contributed by atoms with Crippen LogP contribution in [0.15, 0.2) is 42.2 Å². The summed E-state index contributed by atoms with van der Waals surface area (Å²) in [6, 6.07) is 10.9. The summed E-state index contributed by atoms with van der Waals surface area (Å²) in [6.45, 7) is 3.33. The molecule has 1 fully saturated rings. The minimum absolute atomic E-state index is 0.0787. The Hall–Kier alpha value is -2.84. The molecule has 3 heterocycles. The number of fused-ring (bicyclic) bond motifs is 3. The first-order chi connectivity index (χ1) is 14.9. The number of rotatable bonds is 4. The molecule has 162 valence electrons. The average molecular weight is 442 g/mol. The fraction of sp³-hybridized carbons (Fsp3) is 0.348. The number of allylic oxidation sites excluding steroid dienone is 1. The second-order valence-electron chi connectivity index (χ2n) is 7.94. The zero-order valence-corrected chi connectivity index (χ0v) is 18.0. The first kappa shape index (κ1) is 20.1. The van der Waals surface area contributed by atoms with Crippen molar-refractivity contribution in [3.05, 3.63) is 58.8 Å². The van der Waals surface area contributed by atoms with E-state index in [2.05, 4.69) is 0 Å². The molecule has 0 spiro atoms. The number of hydrogen-bond acceptors (Lipinski definition) is 7. The molecule has 2 aromatic rings. The van der Waals surface area contributed by atoms with Crippen LogP contribution in [0.25, 0.3) is 6.08 Å². The SMILES string of the molecule is CCOc1ccc(/C=C2/Oc3c(ccc4c3CN(C3CCS(=O)(=O)C3)CO4)C2=O)cc1. The third-order valence-corrected chi connectivity index (χ3v) is 7.61. The van der Waals surface area contributed by atoms with E-state index in [9.17, 15) is 13.2 Å². The molecule has 5 rings (SSSR count). The topological polar surface area (TPSA) is 82.1 Å². The van der Waals surface area contributed by atoms with Gasteiger partial charge in [0.2, 0.25) is 5.78 Å². The van der Waals surface area contributed by atoms with Crippen molar-refractivity contribution in [1.82, 2.24) is 4.90 Å². The predicted octanol–water partition coefficient (Wildman–Crippen LogP) is 3.04. The van der Waals surface area contributed by atoms with Crippen LogP contribution in [0.5, 0.6) is 17.2 Å². The van der Waals surface area contributed by atoms with Gasteiger partial charge in [0.25, 0.3) is 0 Å². The maximum atomic E-state index is 12.9. The molecule has 0 aliphatic carbocycles. The third kappa shape index (κ3) is 3.81. The van der Waals surface area contributed by atoms with Crippen LogP contribution >= 0.6 is 0 Å². The fourth-order valence-corrected chi connectivity index (χ4v) is 6.01. The average Bonchev–Trinajstić information content (AvgIpc) is 3.29. The minimum atomic E-state index is -2.99. The van der Waals surface area contributed by atoms with Crippen molar-refractivity contribution in [2.75, 3.05) is 24.8 Å². The van der Waals surface area contributed by atoms with E-state index in [-0.39, 0.29) is 29.1 Å². The molecule has 8 heteroatoms. The third-order valence-electron chi connectivity index (χ3n) is 5.86. The van der Waals surface area contributed by atoms with Crippen LogP contribution in [-0.2, 0) is 16.4 Å². The van der Waals surface area contributed by atoms with Gasteiger partial charge in [-0.3, -0.25) is 9.69 Å². The largest absolute Gasteiger partial charge is 0.494 e. The normalized spacial score (nSPS) is 23.2. The van der Waals surface area contributed by atoms with Crippen molar-refractivity contribution < 1.29 is 27.4 Å². The molecular formula is C23H23NO6S. The van der Waals surface area contributed by atoms with Crippen LogP contribution in [-0.4, -0.2) is 50.0 Å². The van der Waals surface area contributed by atoms with Crippen LogP contribution in [0.4, 0.5) is 0 Å². The van der Waals surface area contributed by atoms with Crippen molar-refractivity contribution in [2.45, 2.75) is 25.9 Å². The molecule has 3 aliphatic heterocycles. The minimum Gasteiger partial charge on any atom is -0.494 e. The molecule has 0 radical (unpaired) electrons. The molecule has 0 amide bonds. The number of benzene rings is 2. The maximum Gasteiger partial charge on any atom is 0.231 e. The van der Waals surface area contributed by atoms with E-state index in [0.29, 0.717) is 43.4 Å². The van der Waals surface area contributed by atoms with Crippen molar-refractivity contribution in [2.24, 2.45) is 0 Å². The van der Waals surface area contributed by atoms with Gasteiger partial charge in [0.1, 0.15) is 24.0 Å². The van der Waals surface area contributed by atoms with E-state index in [1.54, 1.807) is 18.2 Å². The number of carbonyl (C=O) groups excluding carboxylic acids is 1. The number of ketones is 1. The highest BCUT2D eigenvalue weighted by molar-refractivity contribution is 7.91. The summed E-state index contributed by atoms with van der Waals surface area (Å²) in [5.41, 5.74) is 2.12. The molecule has 1 atom stereocenters. The first-order valence-electron chi connectivity index (χ1n) is 10.3. The summed E-state index contributed by atoms with van der Waals surface area (Å²) in [6.07, 6.45) is 2.31. The quantitative estimate of drug-likeness (QED) is 0.675. The van der Waals surface area contributed by atoms with Gasteiger partial charge < -0.3 is 14.2 Å². The predicted molar refractivity (Wildman–Crippen MR) is 115 cm³/mol. The Labute approximate surface area is 181 Å². The highest BCUT2D eigenvalue weighted by Crippen LogP contribution is 2.42. The van der Waals surface area contributed by atoms with E-state index in [1.165, 1.54) is 0 Å². The van der Waals surface area contributed by atoms with Gasteiger partial charge in [-0.1, -0.05) is 12.1 Å². The van der Waals surface area contributed by atoms with Gasteiger partial charge in [-0.05, 0) is 49.2 Å². The number of hydrogen-bond donors (Lipinski definition) is 0. The fourth-order valence-electron chi connectivity index (χ4n) is 4.25. The Morgan fingerprint density at radius 1 is 1.19 bits per heavy atom. The summed E-state index contributed by atoms with van der Waals surface area (Å²) in [4.78, 5) is 14.9. The van der Waals surface area contributed by atoms with Crippen molar-refractivity contribution in [3.8, 4) is 17.2 Å². The van der Waals surface area contributed by atoms with Crippen LogP contribution in [0.1, 0.15) is 34.8 Å². The molecule has 0 saturated carbocycles. The van der Waals surface area contributed by atoms with Gasteiger partial charge in [-0.2, -0.15) is 0 Å². The zero-order valence-electron chi connectivity index (χ0n) is 17.2. The lowest BCUT2D eigenvalue weighted by Gasteiger charge is -2.33. The Kier molecular flexibility index (Phi) is 4.98. The molecule has 2 aromatic carbocycles. The molecule has 31 heavy (non-hydrogen) atoms. The Morgan fingerprint density at radius 2 is 2.00 bits per heavy atom. The van der Waals surface area contributed by atoms with Gasteiger partial charge in [0.15, 0.2) is 15.6 Å². The van der Waals surface area contributed by atoms with E-state index >= 15 is 0 Å². The molecule has 1 saturated heterocycles. The Balaban J connectivity index is 1.40. The monoisotopic (exact) mass is 441 g/mol. The van der Waals surface area contributed by atoms with Crippen LogP contribution in [0.3, 0.4) is 0 Å². The molecule has 0 N–H and O–H groups in total. The van der Waals surface area contributed by atoms with E-state index in [4.69, 9.17) is 14.2 Å². The highest BCUT2D eigenvalue weighted by atomic mass is 32.2. The number of nitrogens with zero attached hydrogens (tertiary/aromatic N) is 1. The summed E-state index contributed by atoms with van der Waals surface area (Å²) >= 11 is 0.